The number of hydrogen-bond acceptors (Lipinski definition) is 2. The lowest BCUT2D eigenvalue weighted by Crippen LogP contribution is -2.28. The summed E-state index contributed by atoms with van der Waals surface area (Å²) in [6, 6.07) is 6.58. The molecule has 2 nitrogen and oxygen atoms in total. The lowest BCUT2D eigenvalue weighted by Gasteiger charge is -2.31. The van der Waals surface area contributed by atoms with Crippen LogP contribution in [0.1, 0.15) is 36.4 Å². The first-order valence-electron chi connectivity index (χ1n) is 5.68. The molecular formula is C13H17NO. The lowest BCUT2D eigenvalue weighted by molar-refractivity contribution is 0.352. The smallest absolute Gasteiger partial charge is 0.119 e. The van der Waals surface area contributed by atoms with Gasteiger partial charge in [-0.2, -0.15) is 0 Å². The van der Waals surface area contributed by atoms with Crippen LogP contribution in [0, 0.1) is 5.41 Å². The molecule has 0 amide bonds. The second-order valence-electron chi connectivity index (χ2n) is 4.90. The van der Waals surface area contributed by atoms with Gasteiger partial charge in [0, 0.05) is 6.04 Å². The van der Waals surface area contributed by atoms with E-state index in [0.29, 0.717) is 5.41 Å². The van der Waals surface area contributed by atoms with Gasteiger partial charge < -0.3 is 10.5 Å². The van der Waals surface area contributed by atoms with Crippen molar-refractivity contribution in [2.75, 3.05) is 7.11 Å². The highest BCUT2D eigenvalue weighted by Crippen LogP contribution is 2.59. The van der Waals surface area contributed by atoms with E-state index in [1.54, 1.807) is 7.11 Å². The molecule has 0 aromatic heterocycles. The van der Waals surface area contributed by atoms with Gasteiger partial charge >= 0.3 is 0 Å². The normalized spacial score (nSPS) is 26.1. The molecule has 80 valence electrons. The van der Waals surface area contributed by atoms with Gasteiger partial charge in [0.25, 0.3) is 0 Å². The van der Waals surface area contributed by atoms with Gasteiger partial charge in [0.1, 0.15) is 5.75 Å². The third-order valence-electron chi connectivity index (χ3n) is 4.13. The SMILES string of the molecule is COc1ccc2c(c1)CCC1(CC1)C2N. The first-order chi connectivity index (χ1) is 7.25. The summed E-state index contributed by atoms with van der Waals surface area (Å²) in [5.41, 5.74) is 9.53. The highest BCUT2D eigenvalue weighted by Gasteiger charge is 2.50. The number of hydrogen-bond donors (Lipinski definition) is 1. The van der Waals surface area contributed by atoms with Gasteiger partial charge in [-0.1, -0.05) is 6.07 Å². The van der Waals surface area contributed by atoms with Crippen LogP contribution in [0.5, 0.6) is 5.75 Å². The molecule has 2 aliphatic carbocycles. The Balaban J connectivity index is 2.01. The van der Waals surface area contributed by atoms with Gasteiger partial charge in [-0.25, -0.2) is 0 Å². The van der Waals surface area contributed by atoms with E-state index in [4.69, 9.17) is 10.5 Å². The van der Waals surface area contributed by atoms with Crippen LogP contribution in [0.15, 0.2) is 18.2 Å². The summed E-state index contributed by atoms with van der Waals surface area (Å²) in [5, 5.41) is 0. The average molecular weight is 203 g/mol. The predicted octanol–water partition coefficient (Wildman–Crippen LogP) is 2.42. The molecule has 3 rings (SSSR count). The molecular weight excluding hydrogens is 186 g/mol. The third-order valence-corrected chi connectivity index (χ3v) is 4.13. The molecule has 0 radical (unpaired) electrons. The molecule has 2 N–H and O–H groups in total. The van der Waals surface area contributed by atoms with Gasteiger partial charge in [0.2, 0.25) is 0 Å². The van der Waals surface area contributed by atoms with Crippen LogP contribution in [0.4, 0.5) is 0 Å². The fourth-order valence-corrected chi connectivity index (χ4v) is 2.82. The zero-order valence-corrected chi connectivity index (χ0v) is 9.12. The zero-order chi connectivity index (χ0) is 10.5. The van der Waals surface area contributed by atoms with E-state index in [1.807, 2.05) is 6.07 Å². The second kappa shape index (κ2) is 2.99. The molecule has 0 aliphatic heterocycles. The number of methoxy groups -OCH3 is 1. The number of aryl methyl sites for hydroxylation is 1. The number of ether oxygens (including phenoxy) is 1. The van der Waals surface area contributed by atoms with Crippen molar-refractivity contribution in [3.63, 3.8) is 0 Å². The summed E-state index contributed by atoms with van der Waals surface area (Å²) < 4.78 is 5.24. The lowest BCUT2D eigenvalue weighted by atomic mass is 9.77. The Hall–Kier alpha value is -1.02. The maximum Gasteiger partial charge on any atom is 0.119 e. The van der Waals surface area contributed by atoms with Gasteiger partial charge in [-0.3, -0.25) is 0 Å². The van der Waals surface area contributed by atoms with Crippen molar-refractivity contribution in [2.45, 2.75) is 31.7 Å². The first-order valence-corrected chi connectivity index (χ1v) is 5.68. The number of rotatable bonds is 1. The molecule has 0 bridgehead atoms. The Bertz CT molecular complexity index is 396. The van der Waals surface area contributed by atoms with Crippen molar-refractivity contribution in [3.8, 4) is 5.75 Å². The van der Waals surface area contributed by atoms with Crippen molar-refractivity contribution in [1.29, 1.82) is 0 Å². The first kappa shape index (κ1) is 9.22. The van der Waals surface area contributed by atoms with Crippen molar-refractivity contribution < 1.29 is 4.74 Å². The molecule has 1 unspecified atom stereocenters. The van der Waals surface area contributed by atoms with Crippen molar-refractivity contribution in [2.24, 2.45) is 11.1 Å². The van der Waals surface area contributed by atoms with Crippen LogP contribution < -0.4 is 10.5 Å². The fraction of sp³-hybridized carbons (Fsp3) is 0.538. The van der Waals surface area contributed by atoms with Gasteiger partial charge in [-0.05, 0) is 54.4 Å². The zero-order valence-electron chi connectivity index (χ0n) is 9.12. The standard InChI is InChI=1S/C13H17NO/c1-15-10-2-3-11-9(8-10)4-5-13(6-7-13)12(11)14/h2-3,8,12H,4-7,14H2,1H3. The minimum absolute atomic E-state index is 0.257. The average Bonchev–Trinajstić information content (AvgIpc) is 3.05. The molecule has 1 saturated carbocycles. The molecule has 2 heteroatoms. The van der Waals surface area contributed by atoms with E-state index in [1.165, 1.54) is 36.8 Å². The number of fused-ring (bicyclic) bond motifs is 1. The Morgan fingerprint density at radius 3 is 2.80 bits per heavy atom. The van der Waals surface area contributed by atoms with Crippen LogP contribution in [-0.4, -0.2) is 7.11 Å². The number of nitrogens with two attached hydrogens (primary N) is 1. The molecule has 2 aliphatic rings. The monoisotopic (exact) mass is 203 g/mol. The summed E-state index contributed by atoms with van der Waals surface area (Å²) in [4.78, 5) is 0. The third kappa shape index (κ3) is 1.28. The Labute approximate surface area is 90.4 Å². The van der Waals surface area contributed by atoms with E-state index in [0.717, 1.165) is 5.75 Å². The van der Waals surface area contributed by atoms with Crippen LogP contribution in [-0.2, 0) is 6.42 Å². The van der Waals surface area contributed by atoms with E-state index >= 15 is 0 Å². The maximum absolute atomic E-state index is 6.34. The van der Waals surface area contributed by atoms with Gasteiger partial charge in [0.15, 0.2) is 0 Å². The number of benzene rings is 1. The highest BCUT2D eigenvalue weighted by molar-refractivity contribution is 5.41. The molecule has 1 spiro atoms. The van der Waals surface area contributed by atoms with Crippen LogP contribution >= 0.6 is 0 Å². The molecule has 0 heterocycles. The molecule has 15 heavy (non-hydrogen) atoms. The second-order valence-corrected chi connectivity index (χ2v) is 4.90. The molecule has 1 fully saturated rings. The quantitative estimate of drug-likeness (QED) is 0.760. The summed E-state index contributed by atoms with van der Waals surface area (Å²) in [5.74, 6) is 0.952. The van der Waals surface area contributed by atoms with Crippen molar-refractivity contribution >= 4 is 0 Å². The Morgan fingerprint density at radius 2 is 2.13 bits per heavy atom. The predicted molar refractivity (Wildman–Crippen MR) is 59.9 cm³/mol. The minimum atomic E-state index is 0.257. The summed E-state index contributed by atoms with van der Waals surface area (Å²) in [6.07, 6.45) is 5.06. The molecule has 0 saturated heterocycles. The summed E-state index contributed by atoms with van der Waals surface area (Å²) in [6.45, 7) is 0. The van der Waals surface area contributed by atoms with Crippen molar-refractivity contribution in [1.82, 2.24) is 0 Å². The maximum atomic E-state index is 6.34. The Morgan fingerprint density at radius 1 is 1.33 bits per heavy atom. The van der Waals surface area contributed by atoms with Crippen LogP contribution in [0.2, 0.25) is 0 Å². The van der Waals surface area contributed by atoms with Crippen LogP contribution in [0.25, 0.3) is 0 Å². The molecule has 1 aromatic rings. The molecule has 1 aromatic carbocycles. The van der Waals surface area contributed by atoms with E-state index < -0.39 is 0 Å². The summed E-state index contributed by atoms with van der Waals surface area (Å²) in [7, 11) is 1.72. The van der Waals surface area contributed by atoms with Crippen LogP contribution in [0.3, 0.4) is 0 Å². The summed E-state index contributed by atoms with van der Waals surface area (Å²) >= 11 is 0. The minimum Gasteiger partial charge on any atom is -0.497 e. The van der Waals surface area contributed by atoms with Crippen molar-refractivity contribution in [3.05, 3.63) is 29.3 Å². The van der Waals surface area contributed by atoms with E-state index in [2.05, 4.69) is 12.1 Å². The van der Waals surface area contributed by atoms with Gasteiger partial charge in [-0.15, -0.1) is 0 Å². The van der Waals surface area contributed by atoms with Gasteiger partial charge in [0.05, 0.1) is 7.11 Å². The highest BCUT2D eigenvalue weighted by atomic mass is 16.5. The van der Waals surface area contributed by atoms with E-state index in [-0.39, 0.29) is 6.04 Å². The molecule has 1 atom stereocenters. The Kier molecular flexibility index (Phi) is 1.84. The topological polar surface area (TPSA) is 35.2 Å². The largest absolute Gasteiger partial charge is 0.497 e. The van der Waals surface area contributed by atoms with E-state index in [9.17, 15) is 0 Å². The fourth-order valence-electron chi connectivity index (χ4n) is 2.82.